The lowest BCUT2D eigenvalue weighted by Crippen LogP contribution is -2.39. The van der Waals surface area contributed by atoms with E-state index >= 15 is 0 Å². The Labute approximate surface area is 88.3 Å². The summed E-state index contributed by atoms with van der Waals surface area (Å²) in [4.78, 5) is 11.0. The standard InChI is InChI=1S/C11H15NO3/c1-7(9-3-2-6-15-9)12-10(11(13)14)8-4-5-8/h2-3,6-8,10,12H,4-5H2,1H3,(H,13,14). The average molecular weight is 209 g/mol. The molecule has 0 aromatic carbocycles. The van der Waals surface area contributed by atoms with Gasteiger partial charge in [0, 0.05) is 0 Å². The van der Waals surface area contributed by atoms with E-state index in [1.807, 2.05) is 13.0 Å². The van der Waals surface area contributed by atoms with Crippen molar-refractivity contribution in [3.63, 3.8) is 0 Å². The molecular weight excluding hydrogens is 194 g/mol. The van der Waals surface area contributed by atoms with Gasteiger partial charge in [-0.25, -0.2) is 0 Å². The van der Waals surface area contributed by atoms with Crippen LogP contribution in [-0.4, -0.2) is 17.1 Å². The van der Waals surface area contributed by atoms with Crippen LogP contribution >= 0.6 is 0 Å². The van der Waals surface area contributed by atoms with Gasteiger partial charge in [-0.05, 0) is 37.8 Å². The first-order valence-corrected chi connectivity index (χ1v) is 5.20. The molecule has 1 aromatic heterocycles. The quantitative estimate of drug-likeness (QED) is 0.776. The Morgan fingerprint density at radius 2 is 2.40 bits per heavy atom. The summed E-state index contributed by atoms with van der Waals surface area (Å²) in [7, 11) is 0. The van der Waals surface area contributed by atoms with Crippen LogP contribution in [0.15, 0.2) is 22.8 Å². The molecule has 2 rings (SSSR count). The minimum absolute atomic E-state index is 0.0540. The molecule has 1 fully saturated rings. The van der Waals surface area contributed by atoms with E-state index in [4.69, 9.17) is 9.52 Å². The minimum atomic E-state index is -0.768. The summed E-state index contributed by atoms with van der Waals surface area (Å²) in [6.45, 7) is 1.91. The lowest BCUT2D eigenvalue weighted by molar-refractivity contribution is -0.140. The number of nitrogens with one attached hydrogen (secondary N) is 1. The molecule has 1 heterocycles. The highest BCUT2D eigenvalue weighted by Crippen LogP contribution is 2.33. The van der Waals surface area contributed by atoms with Gasteiger partial charge in [0.25, 0.3) is 0 Å². The Hall–Kier alpha value is -1.29. The molecule has 4 nitrogen and oxygen atoms in total. The fourth-order valence-electron chi connectivity index (χ4n) is 1.73. The Morgan fingerprint density at radius 3 is 2.87 bits per heavy atom. The summed E-state index contributed by atoms with van der Waals surface area (Å²) in [6, 6.07) is 3.16. The number of carbonyl (C=O) groups is 1. The van der Waals surface area contributed by atoms with E-state index in [-0.39, 0.29) is 6.04 Å². The molecule has 2 N–H and O–H groups in total. The molecule has 1 saturated carbocycles. The van der Waals surface area contributed by atoms with E-state index < -0.39 is 12.0 Å². The van der Waals surface area contributed by atoms with Crippen molar-refractivity contribution >= 4 is 5.97 Å². The van der Waals surface area contributed by atoms with E-state index in [1.54, 1.807) is 12.3 Å². The third-order valence-electron chi connectivity index (χ3n) is 2.76. The molecule has 4 heteroatoms. The summed E-state index contributed by atoms with van der Waals surface area (Å²) >= 11 is 0. The number of rotatable bonds is 5. The summed E-state index contributed by atoms with van der Waals surface area (Å²) in [5, 5.41) is 12.1. The maximum atomic E-state index is 11.0. The van der Waals surface area contributed by atoms with Gasteiger partial charge >= 0.3 is 5.97 Å². The first kappa shape index (κ1) is 10.2. The second-order valence-corrected chi connectivity index (χ2v) is 4.06. The lowest BCUT2D eigenvalue weighted by atomic mass is 10.1. The first-order valence-electron chi connectivity index (χ1n) is 5.20. The van der Waals surface area contributed by atoms with Gasteiger partial charge in [-0.1, -0.05) is 0 Å². The maximum Gasteiger partial charge on any atom is 0.321 e. The molecule has 2 atom stereocenters. The molecule has 0 bridgehead atoms. The molecular formula is C11H15NO3. The van der Waals surface area contributed by atoms with Crippen molar-refractivity contribution in [3.05, 3.63) is 24.2 Å². The zero-order valence-corrected chi connectivity index (χ0v) is 8.64. The van der Waals surface area contributed by atoms with Crippen LogP contribution in [0.3, 0.4) is 0 Å². The Balaban J connectivity index is 1.97. The molecule has 0 amide bonds. The first-order chi connectivity index (χ1) is 7.18. The number of carboxylic acids is 1. The van der Waals surface area contributed by atoms with E-state index in [9.17, 15) is 4.79 Å². The topological polar surface area (TPSA) is 62.5 Å². The van der Waals surface area contributed by atoms with Crippen LogP contribution in [0.25, 0.3) is 0 Å². The van der Waals surface area contributed by atoms with Crippen molar-refractivity contribution in [1.82, 2.24) is 5.32 Å². The van der Waals surface area contributed by atoms with Gasteiger partial charge in [-0.15, -0.1) is 0 Å². The molecule has 1 aromatic rings. The second-order valence-electron chi connectivity index (χ2n) is 4.06. The van der Waals surface area contributed by atoms with Crippen molar-refractivity contribution < 1.29 is 14.3 Å². The van der Waals surface area contributed by atoms with Gasteiger partial charge in [-0.3, -0.25) is 10.1 Å². The van der Waals surface area contributed by atoms with Crippen molar-refractivity contribution in [3.8, 4) is 0 Å². The predicted molar refractivity (Wildman–Crippen MR) is 54.4 cm³/mol. The van der Waals surface area contributed by atoms with Crippen LogP contribution in [0.5, 0.6) is 0 Å². The highest BCUT2D eigenvalue weighted by atomic mass is 16.4. The van der Waals surface area contributed by atoms with Crippen molar-refractivity contribution in [2.75, 3.05) is 0 Å². The van der Waals surface area contributed by atoms with Crippen LogP contribution in [0.4, 0.5) is 0 Å². The minimum Gasteiger partial charge on any atom is -0.480 e. The molecule has 82 valence electrons. The largest absolute Gasteiger partial charge is 0.480 e. The molecule has 0 radical (unpaired) electrons. The number of hydrogen-bond donors (Lipinski definition) is 2. The molecule has 1 aliphatic carbocycles. The number of aliphatic carboxylic acids is 1. The lowest BCUT2D eigenvalue weighted by Gasteiger charge is -2.18. The normalized spacial score (nSPS) is 19.8. The Morgan fingerprint density at radius 1 is 1.67 bits per heavy atom. The third-order valence-corrected chi connectivity index (χ3v) is 2.76. The van der Waals surface area contributed by atoms with Crippen molar-refractivity contribution in [2.45, 2.75) is 31.8 Å². The van der Waals surface area contributed by atoms with E-state index in [0.29, 0.717) is 5.92 Å². The van der Waals surface area contributed by atoms with Gasteiger partial charge in [0.2, 0.25) is 0 Å². The smallest absolute Gasteiger partial charge is 0.321 e. The van der Waals surface area contributed by atoms with Gasteiger partial charge in [-0.2, -0.15) is 0 Å². The van der Waals surface area contributed by atoms with Crippen LogP contribution < -0.4 is 5.32 Å². The molecule has 1 aliphatic rings. The van der Waals surface area contributed by atoms with Crippen molar-refractivity contribution in [1.29, 1.82) is 0 Å². The van der Waals surface area contributed by atoms with Crippen LogP contribution in [0.1, 0.15) is 31.6 Å². The number of hydrogen-bond acceptors (Lipinski definition) is 3. The monoisotopic (exact) mass is 209 g/mol. The maximum absolute atomic E-state index is 11.0. The zero-order valence-electron chi connectivity index (χ0n) is 8.64. The van der Waals surface area contributed by atoms with E-state index in [2.05, 4.69) is 5.32 Å². The fraction of sp³-hybridized carbons (Fsp3) is 0.545. The average Bonchev–Trinajstić information content (AvgIpc) is 2.87. The summed E-state index contributed by atoms with van der Waals surface area (Å²) < 4.78 is 5.22. The molecule has 2 unspecified atom stereocenters. The van der Waals surface area contributed by atoms with Crippen LogP contribution in [0, 0.1) is 5.92 Å². The number of carboxylic acid groups (broad SMARTS) is 1. The SMILES string of the molecule is CC(NC(C(=O)O)C1CC1)c1ccco1. The Bertz CT molecular complexity index is 330. The molecule has 0 spiro atoms. The highest BCUT2D eigenvalue weighted by Gasteiger charge is 2.37. The molecule has 15 heavy (non-hydrogen) atoms. The zero-order chi connectivity index (χ0) is 10.8. The van der Waals surface area contributed by atoms with Gasteiger partial charge < -0.3 is 9.52 Å². The van der Waals surface area contributed by atoms with Gasteiger partial charge in [0.05, 0.1) is 12.3 Å². The summed E-state index contributed by atoms with van der Waals surface area (Å²) in [5.41, 5.74) is 0. The highest BCUT2D eigenvalue weighted by molar-refractivity contribution is 5.74. The number of furan rings is 1. The van der Waals surface area contributed by atoms with Crippen LogP contribution in [0.2, 0.25) is 0 Å². The van der Waals surface area contributed by atoms with E-state index in [0.717, 1.165) is 18.6 Å². The predicted octanol–water partition coefficient (Wildman–Crippen LogP) is 1.79. The van der Waals surface area contributed by atoms with Crippen molar-refractivity contribution in [2.24, 2.45) is 5.92 Å². The Kier molecular flexibility index (Phi) is 2.77. The van der Waals surface area contributed by atoms with Crippen LogP contribution in [-0.2, 0) is 4.79 Å². The molecule has 0 aliphatic heterocycles. The van der Waals surface area contributed by atoms with Gasteiger partial charge in [0.1, 0.15) is 11.8 Å². The summed E-state index contributed by atoms with van der Waals surface area (Å²) in [5.74, 6) is 0.303. The summed E-state index contributed by atoms with van der Waals surface area (Å²) in [6.07, 6.45) is 3.62. The van der Waals surface area contributed by atoms with E-state index in [1.165, 1.54) is 0 Å². The third kappa shape index (κ3) is 2.39. The molecule has 0 saturated heterocycles. The fourth-order valence-corrected chi connectivity index (χ4v) is 1.73. The second kappa shape index (κ2) is 4.06. The van der Waals surface area contributed by atoms with Gasteiger partial charge in [0.15, 0.2) is 0 Å².